The van der Waals surface area contributed by atoms with Crippen LogP contribution in [0.1, 0.15) is 23.4 Å². The van der Waals surface area contributed by atoms with E-state index in [1.165, 1.54) is 24.0 Å². The molecular weight excluding hydrogens is 224 g/mol. The normalized spacial score (nSPS) is 18.6. The Morgan fingerprint density at radius 1 is 1.33 bits per heavy atom. The van der Waals surface area contributed by atoms with Crippen molar-refractivity contribution in [2.24, 2.45) is 7.05 Å². The second-order valence-corrected chi connectivity index (χ2v) is 4.92. The van der Waals surface area contributed by atoms with Crippen LogP contribution in [0.4, 0.5) is 0 Å². The van der Waals surface area contributed by atoms with Crippen molar-refractivity contribution in [1.82, 2.24) is 20.1 Å². The lowest BCUT2D eigenvalue weighted by molar-refractivity contribution is 0.450. The summed E-state index contributed by atoms with van der Waals surface area (Å²) in [5, 5.41) is 7.84. The minimum Gasteiger partial charge on any atom is -0.307 e. The number of aryl methyl sites for hydroxylation is 2. The molecule has 94 valence electrons. The number of nitrogens with one attached hydrogen (secondary N) is 1. The smallest absolute Gasteiger partial charge is 0.164 e. The van der Waals surface area contributed by atoms with Gasteiger partial charge in [-0.3, -0.25) is 4.68 Å². The molecule has 0 bridgehead atoms. The summed E-state index contributed by atoms with van der Waals surface area (Å²) in [4.78, 5) is 4.23. The van der Waals surface area contributed by atoms with Gasteiger partial charge in [0.05, 0.1) is 6.54 Å². The van der Waals surface area contributed by atoms with Gasteiger partial charge in [0.1, 0.15) is 6.33 Å². The third kappa shape index (κ3) is 2.43. The highest BCUT2D eigenvalue weighted by atomic mass is 15.3. The second kappa shape index (κ2) is 4.90. The number of rotatable bonds is 3. The first-order chi connectivity index (χ1) is 8.81. The van der Waals surface area contributed by atoms with Gasteiger partial charge in [0.25, 0.3) is 0 Å². The number of nitrogens with zero attached hydrogens (tertiary/aromatic N) is 3. The molecule has 1 unspecified atom stereocenters. The Hall–Kier alpha value is -1.68. The lowest BCUT2D eigenvalue weighted by Crippen LogP contribution is -2.34. The van der Waals surface area contributed by atoms with Crippen LogP contribution < -0.4 is 5.32 Å². The van der Waals surface area contributed by atoms with Crippen molar-refractivity contribution < 1.29 is 0 Å². The molecule has 4 heteroatoms. The Bertz CT molecular complexity index is 532. The van der Waals surface area contributed by atoms with E-state index >= 15 is 0 Å². The van der Waals surface area contributed by atoms with Crippen molar-refractivity contribution in [3.05, 3.63) is 47.5 Å². The minimum atomic E-state index is 0.545. The molecule has 3 rings (SSSR count). The van der Waals surface area contributed by atoms with Gasteiger partial charge < -0.3 is 5.32 Å². The number of benzene rings is 1. The predicted molar refractivity (Wildman–Crippen MR) is 70.1 cm³/mol. The number of fused-ring (bicyclic) bond motifs is 1. The average molecular weight is 242 g/mol. The van der Waals surface area contributed by atoms with Crippen LogP contribution in [-0.4, -0.2) is 20.8 Å². The maximum absolute atomic E-state index is 4.28. The first-order valence-corrected chi connectivity index (χ1v) is 6.46. The third-order valence-corrected chi connectivity index (χ3v) is 3.54. The van der Waals surface area contributed by atoms with E-state index in [0.717, 1.165) is 18.8 Å². The summed E-state index contributed by atoms with van der Waals surface area (Å²) in [5.41, 5.74) is 2.99. The second-order valence-electron chi connectivity index (χ2n) is 4.92. The Balaban J connectivity index is 1.59. The van der Waals surface area contributed by atoms with Crippen molar-refractivity contribution in [3.8, 4) is 0 Å². The standard InChI is InChI=1S/C14H18N4/c1-18-10-16-14(17-18)9-15-13-7-6-11-4-2-3-5-12(11)8-13/h2-5,10,13,15H,6-9H2,1H3. The molecule has 0 spiro atoms. The first-order valence-electron chi connectivity index (χ1n) is 6.46. The maximum atomic E-state index is 4.28. The summed E-state index contributed by atoms with van der Waals surface area (Å²) in [5.74, 6) is 0.872. The molecule has 0 fully saturated rings. The van der Waals surface area contributed by atoms with Gasteiger partial charge in [-0.25, -0.2) is 4.98 Å². The van der Waals surface area contributed by atoms with Crippen molar-refractivity contribution in [3.63, 3.8) is 0 Å². The molecule has 1 N–H and O–H groups in total. The van der Waals surface area contributed by atoms with Gasteiger partial charge in [0.2, 0.25) is 0 Å². The zero-order chi connectivity index (χ0) is 12.4. The highest BCUT2D eigenvalue weighted by molar-refractivity contribution is 5.30. The van der Waals surface area contributed by atoms with E-state index in [0.29, 0.717) is 6.04 Å². The average Bonchev–Trinajstić information content (AvgIpc) is 2.82. The van der Waals surface area contributed by atoms with Gasteiger partial charge in [-0.2, -0.15) is 5.10 Å². The lowest BCUT2D eigenvalue weighted by atomic mass is 9.88. The van der Waals surface area contributed by atoms with Gasteiger partial charge in [0.15, 0.2) is 5.82 Å². The number of hydrogen-bond donors (Lipinski definition) is 1. The minimum absolute atomic E-state index is 0.545. The molecule has 0 radical (unpaired) electrons. The zero-order valence-corrected chi connectivity index (χ0v) is 10.6. The maximum Gasteiger partial charge on any atom is 0.164 e. The van der Waals surface area contributed by atoms with Crippen molar-refractivity contribution >= 4 is 0 Å². The molecule has 18 heavy (non-hydrogen) atoms. The van der Waals surface area contributed by atoms with E-state index in [9.17, 15) is 0 Å². The van der Waals surface area contributed by atoms with Crippen LogP contribution in [0.2, 0.25) is 0 Å². The van der Waals surface area contributed by atoms with Gasteiger partial charge in [-0.15, -0.1) is 0 Å². The van der Waals surface area contributed by atoms with E-state index in [-0.39, 0.29) is 0 Å². The largest absolute Gasteiger partial charge is 0.307 e. The van der Waals surface area contributed by atoms with Gasteiger partial charge in [-0.05, 0) is 30.4 Å². The fraction of sp³-hybridized carbons (Fsp3) is 0.429. The Kier molecular flexibility index (Phi) is 3.11. The van der Waals surface area contributed by atoms with E-state index in [4.69, 9.17) is 0 Å². The zero-order valence-electron chi connectivity index (χ0n) is 10.6. The Labute approximate surface area is 107 Å². The summed E-state index contributed by atoms with van der Waals surface area (Å²) in [6.45, 7) is 0.758. The SMILES string of the molecule is Cn1cnc(CNC2CCc3ccccc3C2)n1. The molecule has 0 aliphatic heterocycles. The highest BCUT2D eigenvalue weighted by Crippen LogP contribution is 2.21. The highest BCUT2D eigenvalue weighted by Gasteiger charge is 2.17. The molecule has 0 saturated carbocycles. The summed E-state index contributed by atoms with van der Waals surface area (Å²) >= 11 is 0. The number of hydrogen-bond acceptors (Lipinski definition) is 3. The lowest BCUT2D eigenvalue weighted by Gasteiger charge is -2.25. The third-order valence-electron chi connectivity index (χ3n) is 3.54. The molecule has 0 saturated heterocycles. The van der Waals surface area contributed by atoms with Crippen molar-refractivity contribution in [2.75, 3.05) is 0 Å². The van der Waals surface area contributed by atoms with Crippen LogP contribution in [0, 0.1) is 0 Å². The van der Waals surface area contributed by atoms with Gasteiger partial charge >= 0.3 is 0 Å². The predicted octanol–water partition coefficient (Wildman–Crippen LogP) is 1.46. The van der Waals surface area contributed by atoms with Crippen LogP contribution in [0.5, 0.6) is 0 Å². The van der Waals surface area contributed by atoms with Crippen LogP contribution in [0.15, 0.2) is 30.6 Å². The molecule has 1 atom stereocenters. The van der Waals surface area contributed by atoms with Crippen LogP contribution in [-0.2, 0) is 26.4 Å². The van der Waals surface area contributed by atoms with Crippen LogP contribution in [0.25, 0.3) is 0 Å². The molecular formula is C14H18N4. The van der Waals surface area contributed by atoms with Gasteiger partial charge in [-0.1, -0.05) is 24.3 Å². The molecule has 1 heterocycles. The number of aromatic nitrogens is 3. The van der Waals surface area contributed by atoms with Crippen molar-refractivity contribution in [2.45, 2.75) is 31.8 Å². The summed E-state index contributed by atoms with van der Waals surface area (Å²) in [6.07, 6.45) is 5.23. The monoisotopic (exact) mass is 242 g/mol. The Morgan fingerprint density at radius 2 is 2.17 bits per heavy atom. The van der Waals surface area contributed by atoms with E-state index in [1.807, 2.05) is 7.05 Å². The van der Waals surface area contributed by atoms with E-state index < -0.39 is 0 Å². The Morgan fingerprint density at radius 3 is 2.94 bits per heavy atom. The fourth-order valence-electron chi connectivity index (χ4n) is 2.57. The summed E-state index contributed by atoms with van der Waals surface area (Å²) in [7, 11) is 1.90. The summed E-state index contributed by atoms with van der Waals surface area (Å²) < 4.78 is 1.74. The van der Waals surface area contributed by atoms with Crippen LogP contribution >= 0.6 is 0 Å². The van der Waals surface area contributed by atoms with Gasteiger partial charge in [0, 0.05) is 13.1 Å². The van der Waals surface area contributed by atoms with E-state index in [2.05, 4.69) is 39.7 Å². The molecule has 2 aromatic rings. The molecule has 1 aromatic carbocycles. The first kappa shape index (κ1) is 11.4. The molecule has 1 aliphatic carbocycles. The van der Waals surface area contributed by atoms with E-state index in [1.54, 1.807) is 11.0 Å². The summed E-state index contributed by atoms with van der Waals surface area (Å²) in [6, 6.07) is 9.28. The molecule has 1 aromatic heterocycles. The molecule has 1 aliphatic rings. The fourth-order valence-corrected chi connectivity index (χ4v) is 2.57. The quantitative estimate of drug-likeness (QED) is 0.886. The van der Waals surface area contributed by atoms with Crippen molar-refractivity contribution in [1.29, 1.82) is 0 Å². The molecule has 0 amide bonds. The molecule has 4 nitrogen and oxygen atoms in total. The topological polar surface area (TPSA) is 42.7 Å². The van der Waals surface area contributed by atoms with Crippen LogP contribution in [0.3, 0.4) is 0 Å².